The highest BCUT2D eigenvalue weighted by Crippen LogP contribution is 2.03. The van der Waals surface area contributed by atoms with Crippen molar-refractivity contribution < 1.29 is 8.42 Å². The molecular weight excluding hydrogens is 152 g/mol. The number of hydrogen-bond acceptors (Lipinski definition) is 2. The van der Waals surface area contributed by atoms with Gasteiger partial charge in [0, 0.05) is 19.6 Å². The summed E-state index contributed by atoms with van der Waals surface area (Å²) >= 11 is 0. The van der Waals surface area contributed by atoms with Crippen LogP contribution in [0.4, 0.5) is 0 Å². The van der Waals surface area contributed by atoms with Crippen LogP contribution in [0.3, 0.4) is 0 Å². The molecule has 0 aromatic carbocycles. The zero-order valence-corrected chi connectivity index (χ0v) is 6.82. The molecule has 4 nitrogen and oxygen atoms in total. The van der Waals surface area contributed by atoms with E-state index in [2.05, 4.69) is 4.72 Å². The van der Waals surface area contributed by atoms with Crippen LogP contribution in [0.2, 0.25) is 0 Å². The molecule has 0 bridgehead atoms. The van der Waals surface area contributed by atoms with Gasteiger partial charge in [-0.05, 0) is 6.42 Å². The lowest BCUT2D eigenvalue weighted by molar-refractivity contribution is 0.388. The molecule has 0 spiro atoms. The number of nitrogens with zero attached hydrogens (tertiary/aromatic N) is 1. The quantitative estimate of drug-likeness (QED) is 0.570. The van der Waals surface area contributed by atoms with Gasteiger partial charge in [-0.3, -0.25) is 0 Å². The van der Waals surface area contributed by atoms with Crippen molar-refractivity contribution in [2.24, 2.45) is 0 Å². The molecule has 5 heteroatoms. The van der Waals surface area contributed by atoms with E-state index in [1.165, 1.54) is 4.31 Å². The molecule has 0 unspecified atom stereocenters. The minimum atomic E-state index is -3.09. The normalized spacial score (nSPS) is 26.5. The van der Waals surface area contributed by atoms with Gasteiger partial charge in [-0.15, -0.1) is 0 Å². The highest BCUT2D eigenvalue weighted by Gasteiger charge is 2.22. The summed E-state index contributed by atoms with van der Waals surface area (Å²) in [5, 5.41) is 0. The summed E-state index contributed by atoms with van der Waals surface area (Å²) < 4.78 is 26.0. The van der Waals surface area contributed by atoms with Crippen molar-refractivity contribution in [3.63, 3.8) is 0 Å². The molecular formula is C5H12N2O2S. The zero-order chi connectivity index (χ0) is 7.61. The van der Waals surface area contributed by atoms with Gasteiger partial charge in [0.25, 0.3) is 10.2 Å². The number of hydrogen-bond donors (Lipinski definition) is 1. The lowest BCUT2D eigenvalue weighted by atomic mass is 10.4. The SMILES string of the molecule is CCN1CCCNS1(=O)=O. The topological polar surface area (TPSA) is 49.4 Å². The molecule has 1 rings (SSSR count). The average molecular weight is 164 g/mol. The van der Waals surface area contributed by atoms with Crippen LogP contribution < -0.4 is 4.72 Å². The Morgan fingerprint density at radius 3 is 2.70 bits per heavy atom. The minimum absolute atomic E-state index is 0.565. The van der Waals surface area contributed by atoms with Crippen molar-refractivity contribution in [1.82, 2.24) is 9.03 Å². The maximum absolute atomic E-state index is 11.0. The second-order valence-corrected chi connectivity index (χ2v) is 4.00. The van der Waals surface area contributed by atoms with E-state index in [0.29, 0.717) is 19.6 Å². The van der Waals surface area contributed by atoms with Crippen LogP contribution >= 0.6 is 0 Å². The van der Waals surface area contributed by atoms with E-state index < -0.39 is 10.2 Å². The lowest BCUT2D eigenvalue weighted by Crippen LogP contribution is -2.46. The maximum atomic E-state index is 11.0. The van der Waals surface area contributed by atoms with E-state index in [0.717, 1.165) is 6.42 Å². The van der Waals surface area contributed by atoms with Crippen LogP contribution in [-0.2, 0) is 10.2 Å². The van der Waals surface area contributed by atoms with Gasteiger partial charge in [-0.1, -0.05) is 6.92 Å². The second kappa shape index (κ2) is 2.86. The van der Waals surface area contributed by atoms with Crippen molar-refractivity contribution in [2.75, 3.05) is 19.6 Å². The summed E-state index contributed by atoms with van der Waals surface area (Å²) in [5.41, 5.74) is 0. The van der Waals surface area contributed by atoms with E-state index in [4.69, 9.17) is 0 Å². The van der Waals surface area contributed by atoms with Gasteiger partial charge in [0.15, 0.2) is 0 Å². The summed E-state index contributed by atoms with van der Waals surface area (Å²) in [4.78, 5) is 0. The van der Waals surface area contributed by atoms with Crippen molar-refractivity contribution in [2.45, 2.75) is 13.3 Å². The first-order valence-corrected chi connectivity index (χ1v) is 4.85. The Labute approximate surface area is 61.4 Å². The third-order valence-corrected chi connectivity index (χ3v) is 3.25. The summed E-state index contributed by atoms with van der Waals surface area (Å²) in [6.07, 6.45) is 0.910. The summed E-state index contributed by atoms with van der Waals surface area (Å²) in [6.45, 7) is 3.64. The molecule has 1 saturated heterocycles. The molecule has 0 atom stereocenters. The highest BCUT2D eigenvalue weighted by atomic mass is 32.2. The minimum Gasteiger partial charge on any atom is -0.202 e. The van der Waals surface area contributed by atoms with Gasteiger partial charge in [-0.25, -0.2) is 4.72 Å². The Hall–Kier alpha value is -0.130. The smallest absolute Gasteiger partial charge is 0.202 e. The first-order valence-electron chi connectivity index (χ1n) is 3.41. The monoisotopic (exact) mass is 164 g/mol. The van der Waals surface area contributed by atoms with E-state index in [1.54, 1.807) is 0 Å². The lowest BCUT2D eigenvalue weighted by Gasteiger charge is -2.24. The molecule has 0 aliphatic carbocycles. The fourth-order valence-electron chi connectivity index (χ4n) is 0.996. The highest BCUT2D eigenvalue weighted by molar-refractivity contribution is 7.87. The molecule has 1 aliphatic rings. The van der Waals surface area contributed by atoms with E-state index in [9.17, 15) is 8.42 Å². The van der Waals surface area contributed by atoms with E-state index in [-0.39, 0.29) is 0 Å². The molecule has 1 N–H and O–H groups in total. The molecule has 10 heavy (non-hydrogen) atoms. The Balaban J connectivity index is 2.70. The molecule has 0 aromatic heterocycles. The van der Waals surface area contributed by atoms with Crippen LogP contribution in [0.5, 0.6) is 0 Å². The van der Waals surface area contributed by atoms with Gasteiger partial charge in [0.05, 0.1) is 0 Å². The molecule has 1 aliphatic heterocycles. The Morgan fingerprint density at radius 1 is 1.60 bits per heavy atom. The third-order valence-electron chi connectivity index (χ3n) is 1.56. The third kappa shape index (κ3) is 1.47. The molecule has 0 aromatic rings. The molecule has 0 amide bonds. The first kappa shape index (κ1) is 7.97. The van der Waals surface area contributed by atoms with E-state index in [1.807, 2.05) is 6.92 Å². The van der Waals surface area contributed by atoms with Crippen molar-refractivity contribution in [3.8, 4) is 0 Å². The van der Waals surface area contributed by atoms with E-state index >= 15 is 0 Å². The Bertz CT molecular complexity index is 200. The van der Waals surface area contributed by atoms with Crippen LogP contribution in [0.25, 0.3) is 0 Å². The molecule has 0 saturated carbocycles. The molecule has 0 radical (unpaired) electrons. The Morgan fingerprint density at radius 2 is 2.30 bits per heavy atom. The van der Waals surface area contributed by atoms with Crippen LogP contribution in [0, 0.1) is 0 Å². The number of rotatable bonds is 1. The van der Waals surface area contributed by atoms with Crippen LogP contribution in [0.15, 0.2) is 0 Å². The van der Waals surface area contributed by atoms with Crippen LogP contribution in [0.1, 0.15) is 13.3 Å². The van der Waals surface area contributed by atoms with Gasteiger partial charge in [-0.2, -0.15) is 12.7 Å². The Kier molecular flexibility index (Phi) is 2.28. The zero-order valence-electron chi connectivity index (χ0n) is 6.00. The molecule has 1 heterocycles. The fraction of sp³-hybridized carbons (Fsp3) is 1.00. The fourth-order valence-corrected chi connectivity index (χ4v) is 2.29. The summed E-state index contributed by atoms with van der Waals surface area (Å²) in [7, 11) is -3.09. The average Bonchev–Trinajstić information content (AvgIpc) is 1.87. The van der Waals surface area contributed by atoms with Crippen LogP contribution in [-0.4, -0.2) is 32.4 Å². The van der Waals surface area contributed by atoms with Gasteiger partial charge < -0.3 is 0 Å². The summed E-state index contributed by atoms with van der Waals surface area (Å²) in [5.74, 6) is 0. The standard InChI is InChI=1S/C5H12N2O2S/c1-2-7-5-3-4-6-10(7,8)9/h6H,2-5H2,1H3. The van der Waals surface area contributed by atoms with Gasteiger partial charge in [0.1, 0.15) is 0 Å². The van der Waals surface area contributed by atoms with Crippen molar-refractivity contribution >= 4 is 10.2 Å². The summed E-state index contributed by atoms with van der Waals surface area (Å²) in [6, 6.07) is 0. The predicted molar refractivity (Wildman–Crippen MR) is 38.8 cm³/mol. The molecule has 1 fully saturated rings. The predicted octanol–water partition coefficient (Wildman–Crippen LogP) is -0.454. The largest absolute Gasteiger partial charge is 0.279 e. The molecule has 60 valence electrons. The first-order chi connectivity index (χ1) is 4.67. The van der Waals surface area contributed by atoms with Crippen molar-refractivity contribution in [1.29, 1.82) is 0 Å². The number of nitrogens with one attached hydrogen (secondary N) is 1. The van der Waals surface area contributed by atoms with Crippen molar-refractivity contribution in [3.05, 3.63) is 0 Å². The second-order valence-electron chi connectivity index (χ2n) is 2.24. The maximum Gasteiger partial charge on any atom is 0.279 e. The van der Waals surface area contributed by atoms with Gasteiger partial charge in [0.2, 0.25) is 0 Å². The van der Waals surface area contributed by atoms with Gasteiger partial charge >= 0.3 is 0 Å².